The van der Waals surface area contributed by atoms with Crippen molar-refractivity contribution in [2.45, 2.75) is 24.5 Å². The number of likely N-dealkylation sites (tertiary alicyclic amines) is 1. The summed E-state index contributed by atoms with van der Waals surface area (Å²) in [4.78, 5) is 22.7. The van der Waals surface area contributed by atoms with Gasteiger partial charge in [-0.05, 0) is 6.42 Å². The third kappa shape index (κ3) is 1.80. The molecule has 0 unspecified atom stereocenters. The summed E-state index contributed by atoms with van der Waals surface area (Å²) in [5, 5.41) is 27.3. The molecule has 6 heteroatoms. The van der Waals surface area contributed by atoms with Crippen molar-refractivity contribution in [1.29, 1.82) is 0 Å². The second-order valence-electron chi connectivity index (χ2n) is 3.58. The molecule has 0 aromatic carbocycles. The highest BCUT2D eigenvalue weighted by Crippen LogP contribution is 2.33. The molecule has 6 nitrogen and oxygen atoms in total. The number of aliphatic hydroxyl groups is 1. The highest BCUT2D eigenvalue weighted by atomic mass is 16.4. The number of β-amino-alcohol motifs (C(OH)–C–C–N with tert-alkyl or cyclic N) is 1. The Morgan fingerprint density at radius 1 is 1.53 bits per heavy atom. The number of carboxylic acids is 1. The molecule has 0 spiro atoms. The van der Waals surface area contributed by atoms with E-state index in [2.05, 4.69) is 6.58 Å². The highest BCUT2D eigenvalue weighted by Gasteiger charge is 2.52. The Morgan fingerprint density at radius 3 is 2.53 bits per heavy atom. The first-order chi connectivity index (χ1) is 6.94. The van der Waals surface area contributed by atoms with E-state index < -0.39 is 23.7 Å². The van der Waals surface area contributed by atoms with E-state index in [9.17, 15) is 14.7 Å². The Hall–Kier alpha value is -1.56. The van der Waals surface area contributed by atoms with Crippen LogP contribution in [0.4, 0.5) is 4.79 Å². The molecule has 1 aliphatic heterocycles. The van der Waals surface area contributed by atoms with Crippen LogP contribution in [-0.2, 0) is 4.79 Å². The molecule has 0 aromatic rings. The molecule has 3 N–H and O–H groups in total. The van der Waals surface area contributed by atoms with Crippen molar-refractivity contribution in [3.05, 3.63) is 12.7 Å². The Morgan fingerprint density at radius 2 is 2.13 bits per heavy atom. The lowest BCUT2D eigenvalue weighted by molar-refractivity contribution is -0.148. The molecule has 2 atom stereocenters. The molecule has 1 saturated heterocycles. The summed E-state index contributed by atoms with van der Waals surface area (Å²) in [7, 11) is 0. The fourth-order valence-corrected chi connectivity index (χ4v) is 1.93. The van der Waals surface area contributed by atoms with Crippen LogP contribution in [0, 0.1) is 0 Å². The maximum Gasteiger partial charge on any atom is 0.408 e. The summed E-state index contributed by atoms with van der Waals surface area (Å²) >= 11 is 0. The molecule has 0 saturated carbocycles. The first-order valence-electron chi connectivity index (χ1n) is 4.47. The van der Waals surface area contributed by atoms with Gasteiger partial charge in [0.25, 0.3) is 0 Å². The van der Waals surface area contributed by atoms with E-state index in [4.69, 9.17) is 10.2 Å². The smallest absolute Gasteiger partial charge is 0.408 e. The molecular formula is C9H13NO5. The van der Waals surface area contributed by atoms with Crippen LogP contribution in [0.5, 0.6) is 0 Å². The van der Waals surface area contributed by atoms with E-state index in [0.29, 0.717) is 0 Å². The van der Waals surface area contributed by atoms with Crippen molar-refractivity contribution in [1.82, 2.24) is 4.90 Å². The topological polar surface area (TPSA) is 98.1 Å². The van der Waals surface area contributed by atoms with Crippen molar-refractivity contribution < 1.29 is 24.9 Å². The average Bonchev–Trinajstić information content (AvgIpc) is 2.44. The van der Waals surface area contributed by atoms with E-state index in [1.165, 1.54) is 6.08 Å². The summed E-state index contributed by atoms with van der Waals surface area (Å²) in [6, 6.07) is 0. The molecule has 1 heterocycles. The lowest BCUT2D eigenvalue weighted by atomic mass is 9.91. The van der Waals surface area contributed by atoms with Gasteiger partial charge in [-0.25, -0.2) is 9.59 Å². The van der Waals surface area contributed by atoms with Crippen LogP contribution in [0.3, 0.4) is 0 Å². The number of rotatable bonds is 3. The van der Waals surface area contributed by atoms with Gasteiger partial charge in [-0.15, -0.1) is 6.58 Å². The van der Waals surface area contributed by atoms with Gasteiger partial charge in [0, 0.05) is 6.42 Å². The third-order valence-corrected chi connectivity index (χ3v) is 2.59. The zero-order valence-corrected chi connectivity index (χ0v) is 8.09. The Kier molecular flexibility index (Phi) is 2.99. The SMILES string of the molecule is C=CC[C@]1(C(=O)O)C[C@@H](O)CN1C(=O)O. The zero-order chi connectivity index (χ0) is 11.6. The highest BCUT2D eigenvalue weighted by molar-refractivity contribution is 5.85. The van der Waals surface area contributed by atoms with E-state index >= 15 is 0 Å². The van der Waals surface area contributed by atoms with Gasteiger partial charge in [0.05, 0.1) is 12.6 Å². The fourth-order valence-electron chi connectivity index (χ4n) is 1.93. The number of nitrogens with zero attached hydrogens (tertiary/aromatic N) is 1. The number of carboxylic acid groups (broad SMARTS) is 2. The molecule has 1 fully saturated rings. The molecule has 1 rings (SSSR count). The molecule has 0 bridgehead atoms. The van der Waals surface area contributed by atoms with E-state index in [1.54, 1.807) is 0 Å². The van der Waals surface area contributed by atoms with Crippen LogP contribution in [0.15, 0.2) is 12.7 Å². The average molecular weight is 215 g/mol. The lowest BCUT2D eigenvalue weighted by Crippen LogP contribution is -2.52. The zero-order valence-electron chi connectivity index (χ0n) is 8.09. The van der Waals surface area contributed by atoms with Crippen LogP contribution < -0.4 is 0 Å². The first kappa shape index (κ1) is 11.5. The van der Waals surface area contributed by atoms with E-state index in [1.807, 2.05) is 0 Å². The van der Waals surface area contributed by atoms with Crippen LogP contribution in [0.2, 0.25) is 0 Å². The second-order valence-corrected chi connectivity index (χ2v) is 3.58. The molecular weight excluding hydrogens is 202 g/mol. The first-order valence-corrected chi connectivity index (χ1v) is 4.47. The normalized spacial score (nSPS) is 30.2. The van der Waals surface area contributed by atoms with Crippen molar-refractivity contribution in [2.24, 2.45) is 0 Å². The Bertz CT molecular complexity index is 303. The number of aliphatic hydroxyl groups excluding tert-OH is 1. The van der Waals surface area contributed by atoms with Crippen molar-refractivity contribution in [3.8, 4) is 0 Å². The van der Waals surface area contributed by atoms with E-state index in [0.717, 1.165) is 4.90 Å². The molecule has 0 aromatic heterocycles. The van der Waals surface area contributed by atoms with E-state index in [-0.39, 0.29) is 19.4 Å². The molecule has 15 heavy (non-hydrogen) atoms. The second kappa shape index (κ2) is 3.90. The van der Waals surface area contributed by atoms with Crippen LogP contribution in [0.25, 0.3) is 0 Å². The number of hydrogen-bond acceptors (Lipinski definition) is 3. The molecule has 0 radical (unpaired) electrons. The number of amides is 1. The van der Waals surface area contributed by atoms with Crippen LogP contribution in [0.1, 0.15) is 12.8 Å². The van der Waals surface area contributed by atoms with Gasteiger partial charge >= 0.3 is 12.1 Å². The number of carbonyl (C=O) groups is 2. The minimum absolute atomic E-state index is 0.00824. The maximum absolute atomic E-state index is 11.1. The summed E-state index contributed by atoms with van der Waals surface area (Å²) in [5.74, 6) is -1.25. The number of aliphatic carboxylic acids is 1. The molecule has 1 aliphatic rings. The third-order valence-electron chi connectivity index (χ3n) is 2.59. The Labute approximate surface area is 86.4 Å². The van der Waals surface area contributed by atoms with Gasteiger partial charge in [0.2, 0.25) is 0 Å². The Balaban J connectivity index is 3.08. The minimum Gasteiger partial charge on any atom is -0.479 e. The van der Waals surface area contributed by atoms with Gasteiger partial charge < -0.3 is 15.3 Å². The lowest BCUT2D eigenvalue weighted by Gasteiger charge is -2.31. The summed E-state index contributed by atoms with van der Waals surface area (Å²) < 4.78 is 0. The van der Waals surface area contributed by atoms with Crippen LogP contribution >= 0.6 is 0 Å². The molecule has 84 valence electrons. The number of hydrogen-bond donors (Lipinski definition) is 3. The predicted molar refractivity (Wildman–Crippen MR) is 50.5 cm³/mol. The summed E-state index contributed by atoms with van der Waals surface area (Å²) in [6.07, 6.45) is -1.03. The van der Waals surface area contributed by atoms with Crippen molar-refractivity contribution in [2.75, 3.05) is 6.54 Å². The van der Waals surface area contributed by atoms with Gasteiger partial charge in [0.15, 0.2) is 0 Å². The minimum atomic E-state index is -1.56. The molecule has 1 amide bonds. The van der Waals surface area contributed by atoms with Gasteiger partial charge in [-0.3, -0.25) is 4.90 Å². The van der Waals surface area contributed by atoms with Gasteiger partial charge in [-0.1, -0.05) is 6.08 Å². The van der Waals surface area contributed by atoms with Crippen molar-refractivity contribution in [3.63, 3.8) is 0 Å². The summed E-state index contributed by atoms with van der Waals surface area (Å²) in [6.45, 7) is 3.23. The fraction of sp³-hybridized carbons (Fsp3) is 0.556. The van der Waals surface area contributed by atoms with Crippen molar-refractivity contribution >= 4 is 12.1 Å². The van der Waals surface area contributed by atoms with Crippen LogP contribution in [-0.4, -0.2) is 50.5 Å². The predicted octanol–water partition coefficient (Wildman–Crippen LogP) is 0.131. The monoisotopic (exact) mass is 215 g/mol. The quantitative estimate of drug-likeness (QED) is 0.581. The summed E-state index contributed by atoms with van der Waals surface area (Å²) in [5.41, 5.74) is -1.56. The maximum atomic E-state index is 11.1. The van der Waals surface area contributed by atoms with Gasteiger partial charge in [0.1, 0.15) is 5.54 Å². The molecule has 0 aliphatic carbocycles. The van der Waals surface area contributed by atoms with Gasteiger partial charge in [-0.2, -0.15) is 0 Å². The standard InChI is InChI=1S/C9H13NO5/c1-2-3-9(7(12)13)4-6(11)5-10(9)8(14)15/h2,6,11H,1,3-5H2,(H,12,13)(H,14,15)/t6-,9-/m1/s1. The largest absolute Gasteiger partial charge is 0.479 e.